The Bertz CT molecular complexity index is 1020. The highest BCUT2D eigenvalue weighted by atomic mass is 32.1. The predicted octanol–water partition coefficient (Wildman–Crippen LogP) is 2.84. The van der Waals surface area contributed by atoms with Gasteiger partial charge in [-0.2, -0.15) is 12.6 Å². The van der Waals surface area contributed by atoms with Gasteiger partial charge in [-0.25, -0.2) is 0 Å². The number of amides is 1. The average Bonchev–Trinajstić information content (AvgIpc) is 2.92. The minimum Gasteiger partial charge on any atom is -0.509 e. The van der Waals surface area contributed by atoms with Crippen molar-refractivity contribution < 1.29 is 19.7 Å². The van der Waals surface area contributed by atoms with Crippen molar-refractivity contribution in [2.75, 3.05) is 51.0 Å². The maximum absolute atomic E-state index is 11.9. The zero-order valence-electron chi connectivity index (χ0n) is 22.7. The highest BCUT2D eigenvalue weighted by Gasteiger charge is 2.28. The van der Waals surface area contributed by atoms with Crippen LogP contribution in [-0.2, 0) is 17.9 Å². The molecule has 2 aromatic carbocycles. The van der Waals surface area contributed by atoms with Gasteiger partial charge in [0.15, 0.2) is 0 Å². The minimum atomic E-state index is -1.25. The highest BCUT2D eigenvalue weighted by molar-refractivity contribution is 7.79. The van der Waals surface area contributed by atoms with Crippen LogP contribution in [0.3, 0.4) is 0 Å². The predicted molar refractivity (Wildman–Crippen MR) is 166 cm³/mol. The average molecular weight is 551 g/mol. The molecule has 0 fully saturated rings. The third kappa shape index (κ3) is 11.0. The second-order valence-corrected chi connectivity index (χ2v) is 9.56. The van der Waals surface area contributed by atoms with Crippen LogP contribution in [0.25, 0.3) is 0 Å². The Morgan fingerprint density at radius 2 is 1.87 bits per heavy atom. The van der Waals surface area contributed by atoms with E-state index in [0.717, 1.165) is 37.1 Å². The van der Waals surface area contributed by atoms with E-state index in [0.29, 0.717) is 37.6 Å². The summed E-state index contributed by atoms with van der Waals surface area (Å²) in [4.78, 5) is 17.9. The van der Waals surface area contributed by atoms with Gasteiger partial charge in [0, 0.05) is 62.5 Å². The van der Waals surface area contributed by atoms with E-state index in [2.05, 4.69) is 34.6 Å². The molecule has 1 aliphatic heterocycles. The third-order valence-corrected chi connectivity index (χ3v) is 6.41. The maximum atomic E-state index is 11.9. The molecule has 0 aliphatic carbocycles. The normalized spacial score (nSPS) is 14.9. The number of rotatable bonds is 13. The second-order valence-electron chi connectivity index (χ2n) is 9.56. The van der Waals surface area contributed by atoms with Gasteiger partial charge in [0.2, 0.25) is 6.41 Å². The van der Waals surface area contributed by atoms with Gasteiger partial charge in [0.05, 0.1) is 6.61 Å². The van der Waals surface area contributed by atoms with Gasteiger partial charge in [-0.15, -0.1) is 0 Å². The van der Waals surface area contributed by atoms with E-state index in [4.69, 9.17) is 20.4 Å². The van der Waals surface area contributed by atoms with Crippen molar-refractivity contribution in [1.29, 1.82) is 0 Å². The fourth-order valence-electron chi connectivity index (χ4n) is 4.28. The van der Waals surface area contributed by atoms with Crippen LogP contribution < -0.4 is 9.64 Å². The fraction of sp³-hybridized carbons (Fsp3) is 0.483. The second kappa shape index (κ2) is 17.5. The zero-order valence-corrected chi connectivity index (χ0v) is 23.6. The standard InChI is InChI=1S/C27H35B2N3O4.CH4S.CH4/c1-27(35,19-33)23-9-6-12-31(18-23)17-22-10-11-24(15-25(22)36-26(28)29)32(20-34)14-13-30(2)16-21-7-4-3-5-8-21;1-2;/h3-5,7-11,15,20,26,33,35H,6,12-14,16-19H2,1-2H3;2H,1H3;1H4/t27-;;/m1../s1. The van der Waals surface area contributed by atoms with E-state index in [1.54, 1.807) is 24.1 Å². The molecule has 0 unspecified atom stereocenters. The number of aliphatic hydroxyl groups is 2. The molecule has 1 amide bonds. The molecule has 1 atom stereocenters. The van der Waals surface area contributed by atoms with Crippen molar-refractivity contribution in [2.24, 2.45) is 0 Å². The number of benzene rings is 2. The van der Waals surface area contributed by atoms with Crippen LogP contribution >= 0.6 is 12.6 Å². The van der Waals surface area contributed by atoms with E-state index in [1.807, 2.05) is 43.5 Å². The number of anilines is 1. The summed E-state index contributed by atoms with van der Waals surface area (Å²) in [5.41, 5.74) is 2.32. The Kier molecular flexibility index (Phi) is 15.6. The molecule has 3 rings (SSSR count). The molecule has 0 aromatic heterocycles. The molecule has 0 bridgehead atoms. The lowest BCUT2D eigenvalue weighted by Crippen LogP contribution is -2.40. The molecule has 0 saturated heterocycles. The number of likely N-dealkylation sites (N-methyl/N-ethyl adjacent to an activating group) is 1. The molecule has 1 heterocycles. The summed E-state index contributed by atoms with van der Waals surface area (Å²) in [6.07, 6.45) is 5.27. The summed E-state index contributed by atoms with van der Waals surface area (Å²) >= 11 is 3.53. The molecule has 4 radical (unpaired) electrons. The van der Waals surface area contributed by atoms with Crippen LogP contribution in [0.4, 0.5) is 5.69 Å². The van der Waals surface area contributed by atoms with Crippen molar-refractivity contribution >= 4 is 40.4 Å². The number of hydrogen-bond donors (Lipinski definition) is 3. The van der Waals surface area contributed by atoms with Crippen LogP contribution in [0.15, 0.2) is 60.2 Å². The van der Waals surface area contributed by atoms with E-state index >= 15 is 0 Å². The lowest BCUT2D eigenvalue weighted by Gasteiger charge is -2.34. The Morgan fingerprint density at radius 1 is 1.18 bits per heavy atom. The SMILES string of the molecule is C.CS.[B]C([B])Oc1cc(N(C=O)CCN(C)Cc2ccccc2)ccc1CN1CCC=C([C@](C)(O)CO)C1. The Balaban J connectivity index is 0.00000248. The molecule has 1 aliphatic rings. The number of ether oxygens (including phenoxy) is 1. The monoisotopic (exact) mass is 551 g/mol. The topological polar surface area (TPSA) is 76.5 Å². The molecule has 7 nitrogen and oxygen atoms in total. The number of nitrogens with zero attached hydrogens (tertiary/aromatic N) is 3. The van der Waals surface area contributed by atoms with Gasteiger partial charge in [0.1, 0.15) is 27.0 Å². The van der Waals surface area contributed by atoms with E-state index in [-0.39, 0.29) is 14.0 Å². The summed E-state index contributed by atoms with van der Waals surface area (Å²) < 4.78 is 5.71. The van der Waals surface area contributed by atoms with Crippen molar-refractivity contribution in [3.8, 4) is 5.75 Å². The molecule has 10 heteroatoms. The highest BCUT2D eigenvalue weighted by Crippen LogP contribution is 2.29. The summed E-state index contributed by atoms with van der Waals surface area (Å²) in [6.45, 7) is 5.14. The first kappa shape index (κ1) is 34.8. The molecule has 2 N–H and O–H groups in total. The summed E-state index contributed by atoms with van der Waals surface area (Å²) in [6, 6.07) is 15.8. The number of carbonyl (C=O) groups is 1. The van der Waals surface area contributed by atoms with Gasteiger partial charge in [0.25, 0.3) is 0 Å². The van der Waals surface area contributed by atoms with Gasteiger partial charge < -0.3 is 24.7 Å². The van der Waals surface area contributed by atoms with Crippen molar-refractivity contribution in [3.05, 3.63) is 71.3 Å². The van der Waals surface area contributed by atoms with Gasteiger partial charge in [-0.05, 0) is 43.9 Å². The lowest BCUT2D eigenvalue weighted by molar-refractivity contribution is -0.107. The first-order valence-corrected chi connectivity index (χ1v) is 13.6. The smallest absolute Gasteiger partial charge is 0.214 e. The van der Waals surface area contributed by atoms with E-state index < -0.39 is 11.5 Å². The third-order valence-electron chi connectivity index (χ3n) is 6.41. The number of hydrogen-bond acceptors (Lipinski definition) is 7. The number of aliphatic hydroxyl groups excluding tert-OH is 1. The first-order valence-electron chi connectivity index (χ1n) is 12.7. The van der Waals surface area contributed by atoms with Gasteiger partial charge in [-0.1, -0.05) is 49.9 Å². The molecular formula is C29H43B2N3O4S. The molecule has 0 spiro atoms. The van der Waals surface area contributed by atoms with Crippen LogP contribution in [0, 0.1) is 0 Å². The number of thiol groups is 1. The summed E-state index contributed by atoms with van der Waals surface area (Å²) in [5, 5.41) is 20.0. The molecule has 39 heavy (non-hydrogen) atoms. The molecular weight excluding hydrogens is 508 g/mol. The molecule has 0 saturated carbocycles. The van der Waals surface area contributed by atoms with Gasteiger partial charge >= 0.3 is 0 Å². The maximum Gasteiger partial charge on any atom is 0.214 e. The van der Waals surface area contributed by atoms with Crippen molar-refractivity contribution in [3.63, 3.8) is 0 Å². The largest absolute Gasteiger partial charge is 0.509 e. The fourth-order valence-corrected chi connectivity index (χ4v) is 4.28. The molecule has 2 aromatic rings. The Hall–Kier alpha value is -2.23. The van der Waals surface area contributed by atoms with Crippen LogP contribution in [0.1, 0.15) is 31.9 Å². The van der Waals surface area contributed by atoms with Crippen molar-refractivity contribution in [1.82, 2.24) is 9.80 Å². The van der Waals surface area contributed by atoms with Gasteiger partial charge in [-0.3, -0.25) is 9.69 Å². The minimum absolute atomic E-state index is 0. The van der Waals surface area contributed by atoms with E-state index in [9.17, 15) is 15.0 Å². The lowest BCUT2D eigenvalue weighted by atomic mass is 9.82. The van der Waals surface area contributed by atoms with E-state index in [1.165, 1.54) is 5.56 Å². The van der Waals surface area contributed by atoms with Crippen LogP contribution in [0.2, 0.25) is 0 Å². The Labute approximate surface area is 243 Å². The quantitative estimate of drug-likeness (QED) is 0.154. The summed E-state index contributed by atoms with van der Waals surface area (Å²) in [7, 11) is 13.5. The van der Waals surface area contributed by atoms with Crippen molar-refractivity contribution in [2.45, 2.75) is 45.4 Å². The zero-order chi connectivity index (χ0) is 28.1. The van der Waals surface area contributed by atoms with Crippen LogP contribution in [-0.4, -0.2) is 99.7 Å². The number of carbonyl (C=O) groups excluding carboxylic acids is 1. The Morgan fingerprint density at radius 3 is 2.49 bits per heavy atom. The molecule has 210 valence electrons. The first-order chi connectivity index (χ1) is 18.2. The van der Waals surface area contributed by atoms with Crippen LogP contribution in [0.5, 0.6) is 5.75 Å². The summed E-state index contributed by atoms with van der Waals surface area (Å²) in [5.74, 6) is -0.496.